The molecule has 0 saturated carbocycles. The van der Waals surface area contributed by atoms with Crippen LogP contribution in [-0.4, -0.2) is 36.4 Å². The van der Waals surface area contributed by atoms with Crippen LogP contribution >= 0.6 is 27.5 Å². The van der Waals surface area contributed by atoms with Gasteiger partial charge in [-0.3, -0.25) is 9.59 Å². The molecule has 0 heterocycles. The van der Waals surface area contributed by atoms with Gasteiger partial charge in [0.2, 0.25) is 5.91 Å². The molecule has 0 atom stereocenters. The van der Waals surface area contributed by atoms with Crippen LogP contribution in [0.25, 0.3) is 0 Å². The van der Waals surface area contributed by atoms with Crippen molar-refractivity contribution in [2.24, 2.45) is 0 Å². The van der Waals surface area contributed by atoms with Gasteiger partial charge in [0.1, 0.15) is 5.75 Å². The topological polar surface area (TPSA) is 58.6 Å². The summed E-state index contributed by atoms with van der Waals surface area (Å²) in [7, 11) is 0. The van der Waals surface area contributed by atoms with Crippen LogP contribution in [0, 0.1) is 0 Å². The fourth-order valence-electron chi connectivity index (χ4n) is 2.50. The van der Waals surface area contributed by atoms with Crippen molar-refractivity contribution in [1.82, 2.24) is 4.90 Å². The monoisotopic (exact) mass is 452 g/mol. The molecular weight excluding hydrogens is 432 g/mol. The van der Waals surface area contributed by atoms with E-state index in [9.17, 15) is 9.59 Å². The molecule has 0 aliphatic carbocycles. The van der Waals surface area contributed by atoms with Crippen molar-refractivity contribution in [3.05, 3.63) is 57.5 Å². The first-order valence-electron chi connectivity index (χ1n) is 8.67. The molecule has 0 bridgehead atoms. The van der Waals surface area contributed by atoms with E-state index >= 15 is 0 Å². The van der Waals surface area contributed by atoms with Crippen molar-refractivity contribution in [1.29, 1.82) is 0 Å². The highest BCUT2D eigenvalue weighted by molar-refractivity contribution is 9.10. The highest BCUT2D eigenvalue weighted by Gasteiger charge is 2.12. The molecule has 0 aliphatic heterocycles. The zero-order valence-electron chi connectivity index (χ0n) is 15.3. The van der Waals surface area contributed by atoms with E-state index in [-0.39, 0.29) is 24.8 Å². The van der Waals surface area contributed by atoms with Crippen molar-refractivity contribution in [3.63, 3.8) is 0 Å². The van der Waals surface area contributed by atoms with Crippen molar-refractivity contribution in [2.75, 3.05) is 25.0 Å². The van der Waals surface area contributed by atoms with Crippen LogP contribution in [0.1, 0.15) is 19.4 Å². The molecule has 0 spiro atoms. The highest BCUT2D eigenvalue weighted by atomic mass is 79.9. The smallest absolute Gasteiger partial charge is 0.260 e. The van der Waals surface area contributed by atoms with Crippen LogP contribution < -0.4 is 10.1 Å². The van der Waals surface area contributed by atoms with Gasteiger partial charge in [-0.05, 0) is 49.7 Å². The normalized spacial score (nSPS) is 10.4. The van der Waals surface area contributed by atoms with Crippen LogP contribution in [0.2, 0.25) is 5.02 Å². The fraction of sp³-hybridized carbons (Fsp3) is 0.300. The minimum Gasteiger partial charge on any atom is -0.482 e. The number of benzene rings is 2. The predicted molar refractivity (Wildman–Crippen MR) is 111 cm³/mol. The third-order valence-corrected chi connectivity index (χ3v) is 4.78. The molecule has 2 aromatic rings. The summed E-state index contributed by atoms with van der Waals surface area (Å²) in [5, 5.41) is 3.15. The van der Waals surface area contributed by atoms with Gasteiger partial charge >= 0.3 is 0 Å². The molecule has 0 fully saturated rings. The van der Waals surface area contributed by atoms with Crippen molar-refractivity contribution in [2.45, 2.75) is 20.3 Å². The maximum Gasteiger partial charge on any atom is 0.260 e. The van der Waals surface area contributed by atoms with E-state index in [1.54, 1.807) is 23.1 Å². The first-order valence-corrected chi connectivity index (χ1v) is 9.84. The second kappa shape index (κ2) is 10.3. The summed E-state index contributed by atoms with van der Waals surface area (Å²) in [6, 6.07) is 12.5. The lowest BCUT2D eigenvalue weighted by Gasteiger charge is -2.19. The standard InChI is InChI=1S/C20H22BrClN2O3/c1-3-24(4-2)20(26)13-27-18-10-9-16(12-17(18)22)23-19(25)11-14-5-7-15(21)8-6-14/h5-10,12H,3-4,11,13H2,1-2H3,(H,23,25). The Morgan fingerprint density at radius 2 is 1.78 bits per heavy atom. The Morgan fingerprint density at radius 1 is 1.11 bits per heavy atom. The molecule has 27 heavy (non-hydrogen) atoms. The van der Waals surface area contributed by atoms with Gasteiger partial charge in [0.25, 0.3) is 5.91 Å². The molecule has 0 unspecified atom stereocenters. The summed E-state index contributed by atoms with van der Waals surface area (Å²) in [5.41, 5.74) is 1.49. The van der Waals surface area contributed by atoms with Crippen LogP contribution in [0.4, 0.5) is 5.69 Å². The van der Waals surface area contributed by atoms with E-state index in [2.05, 4.69) is 21.2 Å². The SMILES string of the molecule is CCN(CC)C(=O)COc1ccc(NC(=O)Cc2ccc(Br)cc2)cc1Cl. The molecule has 0 saturated heterocycles. The van der Waals surface area contributed by atoms with Gasteiger partial charge in [0, 0.05) is 23.2 Å². The number of hydrogen-bond donors (Lipinski definition) is 1. The molecule has 0 aliphatic rings. The molecule has 2 rings (SSSR count). The molecule has 1 N–H and O–H groups in total. The minimum absolute atomic E-state index is 0.0727. The van der Waals surface area contributed by atoms with Gasteiger partial charge in [-0.25, -0.2) is 0 Å². The fourth-order valence-corrected chi connectivity index (χ4v) is 3.00. The van der Waals surface area contributed by atoms with Crippen LogP contribution in [-0.2, 0) is 16.0 Å². The van der Waals surface area contributed by atoms with E-state index < -0.39 is 0 Å². The second-order valence-electron chi connectivity index (χ2n) is 5.85. The second-order valence-corrected chi connectivity index (χ2v) is 7.17. The lowest BCUT2D eigenvalue weighted by Crippen LogP contribution is -2.34. The number of carbonyl (C=O) groups is 2. The lowest BCUT2D eigenvalue weighted by atomic mass is 10.1. The zero-order chi connectivity index (χ0) is 19.8. The van der Waals surface area contributed by atoms with Crippen LogP contribution in [0.15, 0.2) is 46.9 Å². The maximum atomic E-state index is 12.2. The quantitative estimate of drug-likeness (QED) is 0.639. The Kier molecular flexibility index (Phi) is 8.13. The summed E-state index contributed by atoms with van der Waals surface area (Å²) < 4.78 is 6.48. The van der Waals surface area contributed by atoms with Gasteiger partial charge in [-0.1, -0.05) is 39.7 Å². The number of ether oxygens (including phenoxy) is 1. The van der Waals surface area contributed by atoms with Gasteiger partial charge < -0.3 is 15.0 Å². The number of rotatable bonds is 8. The number of halogens is 2. The average Bonchev–Trinajstić information content (AvgIpc) is 2.64. The third kappa shape index (κ3) is 6.56. The summed E-state index contributed by atoms with van der Waals surface area (Å²) >= 11 is 9.58. The van der Waals surface area contributed by atoms with Crippen LogP contribution in [0.3, 0.4) is 0 Å². The van der Waals surface area contributed by atoms with Crippen molar-refractivity contribution < 1.29 is 14.3 Å². The first kappa shape index (κ1) is 21.3. The Balaban J connectivity index is 1.92. The number of amides is 2. The highest BCUT2D eigenvalue weighted by Crippen LogP contribution is 2.28. The number of nitrogens with one attached hydrogen (secondary N) is 1. The molecule has 2 amide bonds. The Hall–Kier alpha value is -2.05. The van der Waals surface area contributed by atoms with Gasteiger partial charge in [-0.2, -0.15) is 0 Å². The first-order chi connectivity index (χ1) is 12.9. The van der Waals surface area contributed by atoms with Crippen molar-refractivity contribution >= 4 is 45.0 Å². The number of likely N-dealkylation sites (N-methyl/N-ethyl adjacent to an activating group) is 1. The molecule has 144 valence electrons. The Bertz CT molecular complexity index is 792. The Morgan fingerprint density at radius 3 is 2.37 bits per heavy atom. The molecule has 5 nitrogen and oxygen atoms in total. The molecule has 0 aromatic heterocycles. The average molecular weight is 454 g/mol. The van der Waals surface area contributed by atoms with Crippen LogP contribution in [0.5, 0.6) is 5.75 Å². The summed E-state index contributed by atoms with van der Waals surface area (Å²) in [4.78, 5) is 25.9. The number of anilines is 1. The number of nitrogens with zero attached hydrogens (tertiary/aromatic N) is 1. The van der Waals surface area contributed by atoms with Gasteiger partial charge in [0.15, 0.2) is 6.61 Å². The maximum absolute atomic E-state index is 12.2. The zero-order valence-corrected chi connectivity index (χ0v) is 17.6. The lowest BCUT2D eigenvalue weighted by molar-refractivity contribution is -0.133. The molecular formula is C20H22BrClN2O3. The van der Waals surface area contributed by atoms with Crippen molar-refractivity contribution in [3.8, 4) is 5.75 Å². The van der Waals surface area contributed by atoms with E-state index in [1.807, 2.05) is 38.1 Å². The van der Waals surface area contributed by atoms with Gasteiger partial charge in [0.05, 0.1) is 11.4 Å². The summed E-state index contributed by atoms with van der Waals surface area (Å²) in [5.74, 6) is 0.171. The number of hydrogen-bond acceptors (Lipinski definition) is 3. The number of carbonyl (C=O) groups excluding carboxylic acids is 2. The van der Waals surface area contributed by atoms with Gasteiger partial charge in [-0.15, -0.1) is 0 Å². The Labute approximate surface area is 172 Å². The predicted octanol–water partition coefficient (Wildman–Crippen LogP) is 4.53. The third-order valence-electron chi connectivity index (χ3n) is 3.96. The molecule has 0 radical (unpaired) electrons. The summed E-state index contributed by atoms with van der Waals surface area (Å²) in [6.07, 6.45) is 0.265. The van der Waals surface area contributed by atoms with E-state index in [0.717, 1.165) is 10.0 Å². The molecule has 2 aromatic carbocycles. The molecule has 7 heteroatoms. The largest absolute Gasteiger partial charge is 0.482 e. The van der Waals surface area contributed by atoms with E-state index in [4.69, 9.17) is 16.3 Å². The van der Waals surface area contributed by atoms with E-state index in [1.165, 1.54) is 0 Å². The summed E-state index contributed by atoms with van der Waals surface area (Å²) in [6.45, 7) is 5.03. The van der Waals surface area contributed by atoms with E-state index in [0.29, 0.717) is 29.5 Å². The minimum atomic E-state index is -0.140.